The molecular formula is C22H31N3O2S. The molecule has 6 heteroatoms. The van der Waals surface area contributed by atoms with Gasteiger partial charge in [-0.2, -0.15) is 0 Å². The minimum Gasteiger partial charge on any atom is -0.355 e. The topological polar surface area (TPSA) is 64.0 Å². The fourth-order valence-corrected chi connectivity index (χ4v) is 4.03. The van der Waals surface area contributed by atoms with Crippen molar-refractivity contribution in [2.75, 3.05) is 6.54 Å². The van der Waals surface area contributed by atoms with Crippen LogP contribution in [-0.2, 0) is 18.3 Å². The Morgan fingerprint density at radius 2 is 1.93 bits per heavy atom. The highest BCUT2D eigenvalue weighted by Crippen LogP contribution is 2.24. The highest BCUT2D eigenvalue weighted by molar-refractivity contribution is 8.00. The number of hydrogen-bond acceptors (Lipinski definition) is 4. The first-order valence-electron chi connectivity index (χ1n) is 10.0. The van der Waals surface area contributed by atoms with Crippen LogP contribution in [0.1, 0.15) is 56.4 Å². The van der Waals surface area contributed by atoms with Crippen LogP contribution >= 0.6 is 11.8 Å². The maximum atomic E-state index is 12.9. The lowest BCUT2D eigenvalue weighted by molar-refractivity contribution is -0.120. The maximum absolute atomic E-state index is 12.9. The number of amides is 1. The molecule has 1 aromatic carbocycles. The van der Waals surface area contributed by atoms with Gasteiger partial charge in [-0.25, -0.2) is 4.98 Å². The Hall–Kier alpha value is -2.08. The van der Waals surface area contributed by atoms with E-state index < -0.39 is 0 Å². The summed E-state index contributed by atoms with van der Waals surface area (Å²) in [7, 11) is 1.73. The number of rotatable bonds is 10. The predicted molar refractivity (Wildman–Crippen MR) is 116 cm³/mol. The fourth-order valence-electron chi connectivity index (χ4n) is 2.99. The molecule has 0 bridgehead atoms. The number of benzene rings is 1. The molecule has 1 N–H and O–H groups in total. The second kappa shape index (κ2) is 11.1. The molecule has 0 aliphatic rings. The molecule has 0 aliphatic heterocycles. The number of thioether (sulfide) groups is 1. The first kappa shape index (κ1) is 22.2. The zero-order chi connectivity index (χ0) is 20.5. The lowest BCUT2D eigenvalue weighted by Gasteiger charge is -2.17. The third-order valence-corrected chi connectivity index (χ3v) is 6.17. The molecule has 1 heterocycles. The first-order chi connectivity index (χ1) is 13.5. The summed E-state index contributed by atoms with van der Waals surface area (Å²) in [6.45, 7) is 6.70. The second-order valence-electron chi connectivity index (χ2n) is 7.00. The first-order valence-corrected chi connectivity index (χ1v) is 10.9. The highest BCUT2D eigenvalue weighted by Gasteiger charge is 2.21. The molecule has 0 saturated carbocycles. The van der Waals surface area contributed by atoms with E-state index in [1.165, 1.54) is 11.8 Å². The summed E-state index contributed by atoms with van der Waals surface area (Å²) >= 11 is 1.37. The Morgan fingerprint density at radius 1 is 1.21 bits per heavy atom. The van der Waals surface area contributed by atoms with E-state index in [1.807, 2.05) is 44.2 Å². The molecule has 5 nitrogen and oxygen atoms in total. The van der Waals surface area contributed by atoms with Gasteiger partial charge in [0.05, 0.1) is 5.25 Å². The molecule has 2 rings (SSSR count). The molecule has 0 saturated heterocycles. The van der Waals surface area contributed by atoms with Gasteiger partial charge in [0, 0.05) is 31.3 Å². The van der Waals surface area contributed by atoms with Crippen molar-refractivity contribution in [2.45, 2.75) is 63.3 Å². The van der Waals surface area contributed by atoms with Crippen LogP contribution in [0, 0.1) is 6.92 Å². The highest BCUT2D eigenvalue weighted by atomic mass is 32.2. The summed E-state index contributed by atoms with van der Waals surface area (Å²) in [5.41, 5.74) is 2.47. The normalized spacial score (nSPS) is 12.0. The second-order valence-corrected chi connectivity index (χ2v) is 8.17. The van der Waals surface area contributed by atoms with Crippen LogP contribution in [0.25, 0.3) is 0 Å². The third kappa shape index (κ3) is 5.96. The summed E-state index contributed by atoms with van der Waals surface area (Å²) in [5.74, 6) is 0.0175. The van der Waals surface area contributed by atoms with Crippen molar-refractivity contribution in [3.8, 4) is 0 Å². The van der Waals surface area contributed by atoms with Crippen LogP contribution in [0.4, 0.5) is 0 Å². The van der Waals surface area contributed by atoms with E-state index in [-0.39, 0.29) is 16.7 Å². The molecule has 0 radical (unpaired) electrons. The monoisotopic (exact) mass is 401 g/mol. The Kier molecular flexibility index (Phi) is 8.77. The van der Waals surface area contributed by atoms with Crippen molar-refractivity contribution in [1.82, 2.24) is 14.9 Å². The zero-order valence-electron chi connectivity index (χ0n) is 17.3. The van der Waals surface area contributed by atoms with Gasteiger partial charge in [0.1, 0.15) is 0 Å². The van der Waals surface area contributed by atoms with Crippen molar-refractivity contribution >= 4 is 17.7 Å². The summed E-state index contributed by atoms with van der Waals surface area (Å²) in [6.07, 6.45) is 4.48. The number of unbranched alkanes of at least 4 members (excludes halogenated alkanes) is 2. The number of carbonyl (C=O) groups is 1. The molecular weight excluding hydrogens is 370 g/mol. The van der Waals surface area contributed by atoms with Crippen LogP contribution in [0.3, 0.4) is 0 Å². The number of hydrogen-bond donors (Lipinski definition) is 1. The van der Waals surface area contributed by atoms with E-state index in [1.54, 1.807) is 11.6 Å². The molecule has 1 atom stereocenters. The van der Waals surface area contributed by atoms with Gasteiger partial charge in [0.15, 0.2) is 5.16 Å². The van der Waals surface area contributed by atoms with Gasteiger partial charge in [-0.05, 0) is 25.3 Å². The summed E-state index contributed by atoms with van der Waals surface area (Å²) < 4.78 is 1.57. The van der Waals surface area contributed by atoms with Crippen LogP contribution in [-0.4, -0.2) is 27.3 Å². The SMILES string of the molecule is CCCCCNC(=O)C(CC)Sc1nc(C)c(Cc2ccccc2)c(=O)n1C. The van der Waals surface area contributed by atoms with Crippen LogP contribution in [0.2, 0.25) is 0 Å². The van der Waals surface area contributed by atoms with Crippen LogP contribution < -0.4 is 10.9 Å². The minimum atomic E-state index is -0.251. The molecule has 1 amide bonds. The average Bonchev–Trinajstić information content (AvgIpc) is 2.70. The number of aromatic nitrogens is 2. The van der Waals surface area contributed by atoms with Crippen molar-refractivity contribution in [3.63, 3.8) is 0 Å². The van der Waals surface area contributed by atoms with Gasteiger partial charge in [-0.3, -0.25) is 14.2 Å². The lowest BCUT2D eigenvalue weighted by Crippen LogP contribution is -2.34. The molecule has 28 heavy (non-hydrogen) atoms. The number of carbonyl (C=O) groups excluding carboxylic acids is 1. The van der Waals surface area contributed by atoms with Gasteiger partial charge < -0.3 is 5.32 Å². The molecule has 2 aromatic rings. The Morgan fingerprint density at radius 3 is 2.57 bits per heavy atom. The van der Waals surface area contributed by atoms with Crippen LogP contribution in [0.5, 0.6) is 0 Å². The van der Waals surface area contributed by atoms with Crippen molar-refractivity contribution < 1.29 is 4.79 Å². The number of nitrogens with one attached hydrogen (secondary N) is 1. The molecule has 0 fully saturated rings. The molecule has 0 spiro atoms. The Bertz CT molecular complexity index is 834. The van der Waals surface area contributed by atoms with Gasteiger partial charge in [-0.1, -0.05) is 68.8 Å². The zero-order valence-corrected chi connectivity index (χ0v) is 18.1. The molecule has 1 unspecified atom stereocenters. The van der Waals surface area contributed by atoms with E-state index in [9.17, 15) is 9.59 Å². The standard InChI is InChI=1S/C22H31N3O2S/c1-5-7-11-14-23-20(26)19(6-2)28-22-24-16(3)18(21(27)25(22)4)15-17-12-9-8-10-13-17/h8-10,12-13,19H,5-7,11,14-15H2,1-4H3,(H,23,26). The van der Waals surface area contributed by atoms with E-state index in [0.29, 0.717) is 30.1 Å². The number of aryl methyl sites for hydroxylation is 1. The van der Waals surface area contributed by atoms with Crippen molar-refractivity contribution in [1.29, 1.82) is 0 Å². The van der Waals surface area contributed by atoms with Crippen molar-refractivity contribution in [3.05, 3.63) is 57.5 Å². The summed E-state index contributed by atoms with van der Waals surface area (Å²) in [4.78, 5) is 30.0. The van der Waals surface area contributed by atoms with Gasteiger partial charge in [0.2, 0.25) is 5.91 Å². The molecule has 1 aromatic heterocycles. The van der Waals surface area contributed by atoms with Gasteiger partial charge in [0.25, 0.3) is 5.56 Å². The maximum Gasteiger partial charge on any atom is 0.257 e. The summed E-state index contributed by atoms with van der Waals surface area (Å²) in [5, 5.41) is 3.35. The smallest absolute Gasteiger partial charge is 0.257 e. The van der Waals surface area contributed by atoms with Gasteiger partial charge >= 0.3 is 0 Å². The minimum absolute atomic E-state index is 0.0175. The fraction of sp³-hybridized carbons (Fsp3) is 0.500. The third-order valence-electron chi connectivity index (χ3n) is 4.76. The largest absolute Gasteiger partial charge is 0.355 e. The Labute approximate surface area is 172 Å². The lowest BCUT2D eigenvalue weighted by atomic mass is 10.1. The van der Waals surface area contributed by atoms with E-state index in [2.05, 4.69) is 17.2 Å². The summed E-state index contributed by atoms with van der Waals surface area (Å²) in [6, 6.07) is 9.93. The van der Waals surface area contributed by atoms with Gasteiger partial charge in [-0.15, -0.1) is 0 Å². The molecule has 152 valence electrons. The van der Waals surface area contributed by atoms with Crippen molar-refractivity contribution in [2.24, 2.45) is 7.05 Å². The number of nitrogens with zero attached hydrogens (tertiary/aromatic N) is 2. The quantitative estimate of drug-likeness (QED) is 0.373. The van der Waals surface area contributed by atoms with E-state index >= 15 is 0 Å². The average molecular weight is 402 g/mol. The van der Waals surface area contributed by atoms with E-state index in [4.69, 9.17) is 0 Å². The van der Waals surface area contributed by atoms with E-state index in [0.717, 1.165) is 30.5 Å². The predicted octanol–water partition coefficient (Wildman–Crippen LogP) is 3.86. The van der Waals surface area contributed by atoms with Crippen LogP contribution in [0.15, 0.2) is 40.3 Å². The Balaban J connectivity index is 2.15. The molecule has 0 aliphatic carbocycles.